The fraction of sp³-hybridized carbons (Fsp3) is 0.450. The van der Waals surface area contributed by atoms with Crippen LogP contribution in [0.25, 0.3) is 0 Å². The Morgan fingerprint density at radius 3 is 2.65 bits per heavy atom. The van der Waals surface area contributed by atoms with Crippen LogP contribution in [-0.4, -0.2) is 23.0 Å². The van der Waals surface area contributed by atoms with E-state index in [1.165, 1.54) is 31.4 Å². The van der Waals surface area contributed by atoms with Crippen LogP contribution >= 0.6 is 0 Å². The van der Waals surface area contributed by atoms with Gasteiger partial charge < -0.3 is 4.74 Å². The Balaban J connectivity index is 1.70. The first kappa shape index (κ1) is 16.0. The molecule has 1 atom stereocenters. The molecule has 3 rings (SSSR count). The molecule has 0 radical (unpaired) electrons. The molecule has 1 fully saturated rings. The van der Waals surface area contributed by atoms with Gasteiger partial charge in [0, 0.05) is 24.8 Å². The first-order valence-electron chi connectivity index (χ1n) is 8.65. The van der Waals surface area contributed by atoms with E-state index in [1.807, 2.05) is 42.6 Å². The van der Waals surface area contributed by atoms with E-state index in [4.69, 9.17) is 4.74 Å². The monoisotopic (exact) mass is 310 g/mol. The summed E-state index contributed by atoms with van der Waals surface area (Å²) in [5.41, 5.74) is 1.31. The number of aromatic nitrogens is 1. The van der Waals surface area contributed by atoms with Crippen molar-refractivity contribution in [3.05, 3.63) is 54.2 Å². The molecule has 3 nitrogen and oxygen atoms in total. The number of pyridine rings is 1. The predicted molar refractivity (Wildman–Crippen MR) is 93.8 cm³/mol. The first-order chi connectivity index (χ1) is 11.2. The van der Waals surface area contributed by atoms with E-state index >= 15 is 0 Å². The number of para-hydroxylation sites is 1. The maximum Gasteiger partial charge on any atom is 0.219 e. The molecule has 23 heavy (non-hydrogen) atoms. The van der Waals surface area contributed by atoms with Crippen molar-refractivity contribution in [2.75, 3.05) is 13.1 Å². The largest absolute Gasteiger partial charge is 0.439 e. The summed E-state index contributed by atoms with van der Waals surface area (Å²) in [5.74, 6) is 2.18. The van der Waals surface area contributed by atoms with E-state index in [-0.39, 0.29) is 0 Å². The van der Waals surface area contributed by atoms with Gasteiger partial charge in [-0.1, -0.05) is 44.5 Å². The minimum absolute atomic E-state index is 0.504. The normalized spacial score (nSPS) is 19.0. The number of benzene rings is 1. The number of likely N-dealkylation sites (tertiary alicyclic amines) is 1. The lowest BCUT2D eigenvalue weighted by molar-refractivity contribution is 0.132. The topological polar surface area (TPSA) is 25.4 Å². The quantitative estimate of drug-likeness (QED) is 0.772. The highest BCUT2D eigenvalue weighted by Gasteiger charge is 2.24. The molecule has 1 aromatic heterocycles. The van der Waals surface area contributed by atoms with Crippen LogP contribution in [0.3, 0.4) is 0 Å². The number of piperidine rings is 1. The average molecular weight is 310 g/mol. The highest BCUT2D eigenvalue weighted by atomic mass is 16.5. The van der Waals surface area contributed by atoms with E-state index < -0.39 is 0 Å². The SMILES string of the molecule is CC(C)CN1CCCCC1c1ccc(Oc2ccccc2)nc1. The zero-order valence-electron chi connectivity index (χ0n) is 14.1. The maximum absolute atomic E-state index is 5.79. The van der Waals surface area contributed by atoms with Gasteiger partial charge in [0.2, 0.25) is 5.88 Å². The van der Waals surface area contributed by atoms with Crippen molar-refractivity contribution in [2.45, 2.75) is 39.2 Å². The Bertz CT molecular complexity index is 595. The average Bonchev–Trinajstić information content (AvgIpc) is 2.57. The number of ether oxygens (including phenoxy) is 1. The van der Waals surface area contributed by atoms with Crippen molar-refractivity contribution < 1.29 is 4.74 Å². The molecule has 122 valence electrons. The second-order valence-corrected chi connectivity index (χ2v) is 6.75. The maximum atomic E-state index is 5.79. The molecule has 1 aromatic carbocycles. The number of rotatable bonds is 5. The van der Waals surface area contributed by atoms with Crippen LogP contribution in [0.1, 0.15) is 44.7 Å². The molecular formula is C20H26N2O. The zero-order valence-corrected chi connectivity index (χ0v) is 14.1. The third-order valence-corrected chi connectivity index (χ3v) is 4.32. The molecule has 1 aliphatic heterocycles. The molecule has 1 aliphatic rings. The standard InChI is InChI=1S/C20H26N2O/c1-16(2)15-22-13-7-6-10-19(22)17-11-12-20(21-14-17)23-18-8-4-3-5-9-18/h3-5,8-9,11-12,14,16,19H,6-7,10,13,15H2,1-2H3. The van der Waals surface area contributed by atoms with Gasteiger partial charge in [-0.15, -0.1) is 0 Å². The summed E-state index contributed by atoms with van der Waals surface area (Å²) in [6, 6.07) is 14.5. The number of hydrogen-bond donors (Lipinski definition) is 0. The first-order valence-corrected chi connectivity index (χ1v) is 8.65. The fourth-order valence-corrected chi connectivity index (χ4v) is 3.31. The van der Waals surface area contributed by atoms with Gasteiger partial charge in [-0.3, -0.25) is 4.90 Å². The van der Waals surface area contributed by atoms with Crippen molar-refractivity contribution in [3.8, 4) is 11.6 Å². The Morgan fingerprint density at radius 1 is 1.13 bits per heavy atom. The summed E-state index contributed by atoms with van der Waals surface area (Å²) < 4.78 is 5.79. The van der Waals surface area contributed by atoms with E-state index in [0.717, 1.165) is 12.3 Å². The van der Waals surface area contributed by atoms with Gasteiger partial charge in [-0.2, -0.15) is 0 Å². The molecule has 0 bridgehead atoms. The van der Waals surface area contributed by atoms with Crippen molar-refractivity contribution in [1.82, 2.24) is 9.88 Å². The highest BCUT2D eigenvalue weighted by molar-refractivity contribution is 5.28. The summed E-state index contributed by atoms with van der Waals surface area (Å²) in [6.45, 7) is 6.94. The minimum Gasteiger partial charge on any atom is -0.439 e. The molecule has 1 saturated heterocycles. The summed E-state index contributed by atoms with van der Waals surface area (Å²) in [6.07, 6.45) is 5.84. The molecule has 2 aromatic rings. The van der Waals surface area contributed by atoms with Crippen LogP contribution in [-0.2, 0) is 0 Å². The van der Waals surface area contributed by atoms with Crippen molar-refractivity contribution in [2.24, 2.45) is 5.92 Å². The summed E-state index contributed by atoms with van der Waals surface area (Å²) >= 11 is 0. The lowest BCUT2D eigenvalue weighted by Crippen LogP contribution is -2.36. The molecular weight excluding hydrogens is 284 g/mol. The highest BCUT2D eigenvalue weighted by Crippen LogP contribution is 2.32. The molecule has 0 N–H and O–H groups in total. The Morgan fingerprint density at radius 2 is 1.96 bits per heavy atom. The molecule has 0 saturated carbocycles. The number of nitrogens with zero attached hydrogens (tertiary/aromatic N) is 2. The van der Waals surface area contributed by atoms with E-state index in [2.05, 4.69) is 29.8 Å². The van der Waals surface area contributed by atoms with Crippen LogP contribution < -0.4 is 4.74 Å². The summed E-state index contributed by atoms with van der Waals surface area (Å²) in [5, 5.41) is 0. The Hall–Kier alpha value is -1.87. The molecule has 0 amide bonds. The Kier molecular flexibility index (Phi) is 5.29. The van der Waals surface area contributed by atoms with Gasteiger partial charge in [0.05, 0.1) is 0 Å². The summed E-state index contributed by atoms with van der Waals surface area (Å²) in [4.78, 5) is 7.13. The van der Waals surface area contributed by atoms with Crippen molar-refractivity contribution in [1.29, 1.82) is 0 Å². The number of hydrogen-bond acceptors (Lipinski definition) is 3. The molecule has 2 heterocycles. The molecule has 1 unspecified atom stereocenters. The van der Waals surface area contributed by atoms with Crippen LogP contribution in [0.2, 0.25) is 0 Å². The van der Waals surface area contributed by atoms with Crippen molar-refractivity contribution in [3.63, 3.8) is 0 Å². The van der Waals surface area contributed by atoms with Crippen LogP contribution in [0.4, 0.5) is 0 Å². The van der Waals surface area contributed by atoms with E-state index in [9.17, 15) is 0 Å². The van der Waals surface area contributed by atoms with Gasteiger partial charge in [0.15, 0.2) is 0 Å². The predicted octanol–water partition coefficient (Wildman–Crippen LogP) is 5.06. The molecule has 0 aliphatic carbocycles. The van der Waals surface area contributed by atoms with Gasteiger partial charge in [-0.05, 0) is 43.0 Å². The van der Waals surface area contributed by atoms with Crippen LogP contribution in [0.15, 0.2) is 48.7 Å². The van der Waals surface area contributed by atoms with E-state index in [1.54, 1.807) is 0 Å². The minimum atomic E-state index is 0.504. The van der Waals surface area contributed by atoms with Gasteiger partial charge in [-0.25, -0.2) is 4.98 Å². The second kappa shape index (κ2) is 7.60. The van der Waals surface area contributed by atoms with Gasteiger partial charge >= 0.3 is 0 Å². The Labute approximate surface area is 139 Å². The lowest BCUT2D eigenvalue weighted by Gasteiger charge is -2.37. The van der Waals surface area contributed by atoms with Crippen molar-refractivity contribution >= 4 is 0 Å². The second-order valence-electron chi connectivity index (χ2n) is 6.75. The fourth-order valence-electron chi connectivity index (χ4n) is 3.31. The van der Waals surface area contributed by atoms with Gasteiger partial charge in [0.1, 0.15) is 5.75 Å². The third kappa shape index (κ3) is 4.32. The summed E-state index contributed by atoms with van der Waals surface area (Å²) in [7, 11) is 0. The lowest BCUT2D eigenvalue weighted by atomic mass is 9.95. The smallest absolute Gasteiger partial charge is 0.219 e. The van der Waals surface area contributed by atoms with Crippen LogP contribution in [0, 0.1) is 5.92 Å². The third-order valence-electron chi connectivity index (χ3n) is 4.32. The zero-order chi connectivity index (χ0) is 16.1. The molecule has 3 heteroatoms. The molecule has 0 spiro atoms. The van der Waals surface area contributed by atoms with E-state index in [0.29, 0.717) is 17.8 Å². The van der Waals surface area contributed by atoms with Gasteiger partial charge in [0.25, 0.3) is 0 Å². The van der Waals surface area contributed by atoms with Crippen LogP contribution in [0.5, 0.6) is 11.6 Å².